The van der Waals surface area contributed by atoms with E-state index in [1.54, 1.807) is 11.8 Å². The van der Waals surface area contributed by atoms with E-state index in [1.807, 2.05) is 6.26 Å². The van der Waals surface area contributed by atoms with Crippen molar-refractivity contribution in [2.24, 2.45) is 0 Å². The first-order valence-corrected chi connectivity index (χ1v) is 6.17. The summed E-state index contributed by atoms with van der Waals surface area (Å²) in [6.07, 6.45) is 3.78. The third-order valence-corrected chi connectivity index (χ3v) is 2.20. The van der Waals surface area contributed by atoms with Crippen molar-refractivity contribution in [2.75, 3.05) is 31.6 Å². The molecule has 0 saturated carbocycles. The minimum atomic E-state index is 0. The lowest BCUT2D eigenvalue weighted by molar-refractivity contribution is -0.120. The highest BCUT2D eigenvalue weighted by Crippen LogP contribution is 1.94. The van der Waals surface area contributed by atoms with Crippen molar-refractivity contribution in [3.63, 3.8) is 0 Å². The van der Waals surface area contributed by atoms with Gasteiger partial charge >= 0.3 is 0 Å². The highest BCUT2D eigenvalue weighted by atomic mass is 35.5. The summed E-state index contributed by atoms with van der Waals surface area (Å²) in [7, 11) is 0. The summed E-state index contributed by atoms with van der Waals surface area (Å²) in [6.45, 7) is 4.77. The summed E-state index contributed by atoms with van der Waals surface area (Å²) in [6, 6.07) is 0. The van der Waals surface area contributed by atoms with Crippen molar-refractivity contribution in [3.05, 3.63) is 0 Å². The molecule has 0 saturated heterocycles. The van der Waals surface area contributed by atoms with Crippen LogP contribution in [-0.2, 0) is 4.79 Å². The molecule has 3 nitrogen and oxygen atoms in total. The number of nitrogens with one attached hydrogen (secondary N) is 2. The van der Waals surface area contributed by atoms with E-state index in [0.717, 1.165) is 31.8 Å². The Kier molecular flexibility index (Phi) is 15.4. The van der Waals surface area contributed by atoms with Crippen LogP contribution < -0.4 is 10.6 Å². The molecule has 0 aliphatic heterocycles. The Balaban J connectivity index is 0. The van der Waals surface area contributed by atoms with Gasteiger partial charge in [-0.05, 0) is 19.2 Å². The largest absolute Gasteiger partial charge is 0.355 e. The van der Waals surface area contributed by atoms with E-state index < -0.39 is 0 Å². The van der Waals surface area contributed by atoms with Crippen molar-refractivity contribution >= 4 is 30.1 Å². The van der Waals surface area contributed by atoms with Crippen LogP contribution >= 0.6 is 24.2 Å². The lowest BCUT2D eigenvalue weighted by atomic mass is 10.4. The number of carbonyl (C=O) groups excluding carboxylic acids is 1. The number of hydrogen-bond donors (Lipinski definition) is 2. The molecule has 0 bridgehead atoms. The predicted molar refractivity (Wildman–Crippen MR) is 66.4 cm³/mol. The molecule has 0 unspecified atom stereocenters. The van der Waals surface area contributed by atoms with Crippen LogP contribution in [0.2, 0.25) is 0 Å². The maximum Gasteiger partial charge on any atom is 0.220 e. The quantitative estimate of drug-likeness (QED) is 0.628. The van der Waals surface area contributed by atoms with Crippen LogP contribution in [0.1, 0.15) is 19.8 Å². The van der Waals surface area contributed by atoms with Gasteiger partial charge < -0.3 is 10.6 Å². The zero-order chi connectivity index (χ0) is 9.94. The second-order valence-electron chi connectivity index (χ2n) is 2.84. The highest BCUT2D eigenvalue weighted by Gasteiger charge is 1.97. The van der Waals surface area contributed by atoms with Crippen LogP contribution in [0.5, 0.6) is 0 Å². The third kappa shape index (κ3) is 12.1. The minimum Gasteiger partial charge on any atom is -0.355 e. The van der Waals surface area contributed by atoms with Gasteiger partial charge in [0.15, 0.2) is 0 Å². The van der Waals surface area contributed by atoms with Crippen molar-refractivity contribution < 1.29 is 4.79 Å². The van der Waals surface area contributed by atoms with Crippen LogP contribution in [0, 0.1) is 0 Å². The Labute approximate surface area is 97.2 Å². The minimum absolute atomic E-state index is 0. The van der Waals surface area contributed by atoms with Gasteiger partial charge in [0.25, 0.3) is 0 Å². The van der Waals surface area contributed by atoms with Gasteiger partial charge in [0.2, 0.25) is 5.91 Å². The van der Waals surface area contributed by atoms with Gasteiger partial charge in [0, 0.05) is 25.3 Å². The molecule has 0 rings (SSSR count). The molecule has 0 aromatic heterocycles. The number of rotatable bonds is 8. The highest BCUT2D eigenvalue weighted by molar-refractivity contribution is 7.98. The van der Waals surface area contributed by atoms with E-state index in [1.165, 1.54) is 0 Å². The number of halogens is 1. The molecule has 86 valence electrons. The van der Waals surface area contributed by atoms with Crippen molar-refractivity contribution in [3.8, 4) is 0 Å². The average Bonchev–Trinajstić information content (AvgIpc) is 2.14. The van der Waals surface area contributed by atoms with E-state index in [9.17, 15) is 4.79 Å². The van der Waals surface area contributed by atoms with Gasteiger partial charge in [-0.1, -0.05) is 6.92 Å². The van der Waals surface area contributed by atoms with E-state index in [-0.39, 0.29) is 18.3 Å². The Hall–Kier alpha value is 0.0700. The molecule has 0 fully saturated rings. The molecule has 0 atom stereocenters. The first-order chi connectivity index (χ1) is 6.31. The molecule has 0 aliphatic rings. The monoisotopic (exact) mass is 240 g/mol. The number of hydrogen-bond acceptors (Lipinski definition) is 3. The number of amides is 1. The molecule has 14 heavy (non-hydrogen) atoms. The van der Waals surface area contributed by atoms with E-state index >= 15 is 0 Å². The van der Waals surface area contributed by atoms with Gasteiger partial charge in [0.05, 0.1) is 0 Å². The van der Waals surface area contributed by atoms with Crippen LogP contribution in [0.3, 0.4) is 0 Å². The Morgan fingerprint density at radius 2 is 2.00 bits per heavy atom. The Morgan fingerprint density at radius 1 is 1.29 bits per heavy atom. The molecule has 0 heterocycles. The lowest BCUT2D eigenvalue weighted by Gasteiger charge is -2.05. The SMILES string of the molecule is CCCNCCNC(=O)CCSC.Cl. The van der Waals surface area contributed by atoms with Gasteiger partial charge in [0.1, 0.15) is 0 Å². The third-order valence-electron chi connectivity index (χ3n) is 1.58. The first kappa shape index (κ1) is 16.5. The molecule has 0 aromatic rings. The van der Waals surface area contributed by atoms with Gasteiger partial charge in [-0.3, -0.25) is 4.79 Å². The van der Waals surface area contributed by atoms with Crippen LogP contribution in [0.25, 0.3) is 0 Å². The predicted octanol–water partition coefficient (Wildman–Crippen LogP) is 1.28. The number of thioether (sulfide) groups is 1. The summed E-state index contributed by atoms with van der Waals surface area (Å²) >= 11 is 1.70. The van der Waals surface area contributed by atoms with E-state index in [4.69, 9.17) is 0 Å². The van der Waals surface area contributed by atoms with Crippen molar-refractivity contribution in [1.29, 1.82) is 0 Å². The zero-order valence-corrected chi connectivity index (χ0v) is 10.6. The molecule has 0 spiro atoms. The van der Waals surface area contributed by atoms with Crippen LogP contribution in [0.4, 0.5) is 0 Å². The maximum atomic E-state index is 11.1. The van der Waals surface area contributed by atoms with Gasteiger partial charge in [-0.2, -0.15) is 11.8 Å². The van der Waals surface area contributed by atoms with Crippen molar-refractivity contribution in [2.45, 2.75) is 19.8 Å². The molecule has 1 amide bonds. The van der Waals surface area contributed by atoms with Crippen molar-refractivity contribution in [1.82, 2.24) is 10.6 Å². The maximum absolute atomic E-state index is 11.1. The average molecular weight is 241 g/mol. The van der Waals surface area contributed by atoms with Gasteiger partial charge in [-0.25, -0.2) is 0 Å². The molecule has 2 N–H and O–H groups in total. The molecule has 0 aliphatic carbocycles. The molecule has 0 radical (unpaired) electrons. The Morgan fingerprint density at radius 3 is 2.57 bits per heavy atom. The fourth-order valence-electron chi connectivity index (χ4n) is 0.875. The Bertz CT molecular complexity index is 136. The number of carbonyl (C=O) groups is 1. The standard InChI is InChI=1S/C9H20N2OS.ClH/c1-3-5-10-6-7-11-9(12)4-8-13-2;/h10H,3-8H2,1-2H3,(H,11,12);1H. The van der Waals surface area contributed by atoms with E-state index in [2.05, 4.69) is 17.6 Å². The topological polar surface area (TPSA) is 41.1 Å². The van der Waals surface area contributed by atoms with E-state index in [0.29, 0.717) is 6.42 Å². The molecule has 5 heteroatoms. The summed E-state index contributed by atoms with van der Waals surface area (Å²) < 4.78 is 0. The fourth-order valence-corrected chi connectivity index (χ4v) is 1.26. The molecular weight excluding hydrogens is 220 g/mol. The first-order valence-electron chi connectivity index (χ1n) is 4.77. The fraction of sp³-hybridized carbons (Fsp3) is 0.889. The summed E-state index contributed by atoms with van der Waals surface area (Å²) in [5.74, 6) is 1.07. The molecular formula is C9H21ClN2OS. The smallest absolute Gasteiger partial charge is 0.220 e. The second kappa shape index (κ2) is 13.1. The second-order valence-corrected chi connectivity index (χ2v) is 3.83. The van der Waals surface area contributed by atoms with Gasteiger partial charge in [-0.15, -0.1) is 12.4 Å². The zero-order valence-electron chi connectivity index (χ0n) is 8.97. The van der Waals surface area contributed by atoms with Crippen LogP contribution in [-0.4, -0.2) is 37.6 Å². The summed E-state index contributed by atoms with van der Waals surface area (Å²) in [5.41, 5.74) is 0. The van der Waals surface area contributed by atoms with Crippen LogP contribution in [0.15, 0.2) is 0 Å². The normalized spacial score (nSPS) is 9.29. The summed E-state index contributed by atoms with van der Waals surface area (Å²) in [4.78, 5) is 11.1. The molecule has 0 aromatic carbocycles. The lowest BCUT2D eigenvalue weighted by Crippen LogP contribution is -2.32. The summed E-state index contributed by atoms with van der Waals surface area (Å²) in [5, 5.41) is 6.09.